The first kappa shape index (κ1) is 19.6. The van der Waals surface area contributed by atoms with Crippen molar-refractivity contribution in [1.29, 1.82) is 0 Å². The number of nitrogens with zero attached hydrogens (tertiary/aromatic N) is 5. The Kier molecular flexibility index (Phi) is 4.73. The van der Waals surface area contributed by atoms with Crippen molar-refractivity contribution in [3.05, 3.63) is 47.8 Å². The quantitative estimate of drug-likeness (QED) is 0.480. The maximum Gasteiger partial charge on any atom is 0.255 e. The summed E-state index contributed by atoms with van der Waals surface area (Å²) in [6.45, 7) is 0.0970. The number of rotatable bonds is 5. The van der Waals surface area contributed by atoms with Gasteiger partial charge >= 0.3 is 0 Å². The molecule has 4 amide bonds. The molecule has 12 nitrogen and oxygen atoms in total. The summed E-state index contributed by atoms with van der Waals surface area (Å²) in [6, 6.07) is 6.06. The molecule has 1 atom stereocenters. The summed E-state index contributed by atoms with van der Waals surface area (Å²) in [7, 11) is 0. The van der Waals surface area contributed by atoms with E-state index in [1.165, 1.54) is 9.58 Å². The minimum Gasteiger partial charge on any atom is -0.324 e. The van der Waals surface area contributed by atoms with E-state index in [4.69, 9.17) is 0 Å². The number of fused-ring (bicyclic) bond motifs is 1. The summed E-state index contributed by atoms with van der Waals surface area (Å²) in [4.78, 5) is 50.6. The Balaban J connectivity index is 1.30. The molecule has 0 spiro atoms. The van der Waals surface area contributed by atoms with Crippen molar-refractivity contribution < 1.29 is 19.2 Å². The highest BCUT2D eigenvalue weighted by atomic mass is 16.2. The predicted molar refractivity (Wildman–Crippen MR) is 109 cm³/mol. The van der Waals surface area contributed by atoms with Gasteiger partial charge < -0.3 is 10.2 Å². The normalized spacial score (nSPS) is 17.9. The van der Waals surface area contributed by atoms with Gasteiger partial charge in [0.05, 0.1) is 11.9 Å². The second-order valence-corrected chi connectivity index (χ2v) is 7.55. The van der Waals surface area contributed by atoms with E-state index in [0.29, 0.717) is 28.2 Å². The summed E-state index contributed by atoms with van der Waals surface area (Å²) in [6.07, 6.45) is 3.67. The van der Waals surface area contributed by atoms with Gasteiger partial charge in [-0.15, -0.1) is 5.10 Å². The van der Waals surface area contributed by atoms with E-state index in [2.05, 4.69) is 31.1 Å². The largest absolute Gasteiger partial charge is 0.324 e. The number of benzene rings is 1. The van der Waals surface area contributed by atoms with Gasteiger partial charge in [-0.2, -0.15) is 5.10 Å². The Labute approximate surface area is 181 Å². The number of carbonyl (C=O) groups excluding carboxylic acids is 4. The standard InChI is InChI=1S/C20H18N8O4/c29-17-5-4-16(19(31)23-17)28-8-12-11(20(28)32)2-1-3-13(12)22-18(30)10-27-9-15(25-26-27)14-6-7-21-24-14/h1-3,6-7,9,16H,4-5,8,10H2,(H,21,24)(H,22,30)(H,23,29,31). The van der Waals surface area contributed by atoms with Crippen LogP contribution < -0.4 is 10.6 Å². The number of hydrogen-bond acceptors (Lipinski definition) is 7. The zero-order chi connectivity index (χ0) is 22.2. The molecule has 1 aromatic carbocycles. The van der Waals surface area contributed by atoms with Gasteiger partial charge in [0.2, 0.25) is 17.7 Å². The van der Waals surface area contributed by atoms with Gasteiger partial charge in [0.25, 0.3) is 5.91 Å². The van der Waals surface area contributed by atoms with Crippen LogP contribution in [0.1, 0.15) is 28.8 Å². The lowest BCUT2D eigenvalue weighted by Crippen LogP contribution is -2.52. The van der Waals surface area contributed by atoms with Gasteiger partial charge in [0.15, 0.2) is 0 Å². The molecule has 3 aromatic rings. The third-order valence-electron chi connectivity index (χ3n) is 5.48. The fourth-order valence-electron chi connectivity index (χ4n) is 3.94. The van der Waals surface area contributed by atoms with Gasteiger partial charge in [-0.05, 0) is 24.6 Å². The van der Waals surface area contributed by atoms with Gasteiger partial charge in [-0.1, -0.05) is 11.3 Å². The molecular weight excluding hydrogens is 416 g/mol. The van der Waals surface area contributed by atoms with Gasteiger partial charge in [0.1, 0.15) is 18.3 Å². The number of hydrogen-bond donors (Lipinski definition) is 3. The molecule has 3 N–H and O–H groups in total. The Morgan fingerprint density at radius 2 is 2.09 bits per heavy atom. The minimum atomic E-state index is -0.716. The van der Waals surface area contributed by atoms with Gasteiger partial charge in [-0.3, -0.25) is 29.6 Å². The molecule has 162 valence electrons. The molecule has 4 heterocycles. The number of aromatic amines is 1. The molecule has 2 aliphatic rings. The van der Waals surface area contributed by atoms with E-state index in [0.717, 1.165) is 0 Å². The molecule has 1 fully saturated rings. The van der Waals surface area contributed by atoms with Crippen LogP contribution in [0.3, 0.4) is 0 Å². The van der Waals surface area contributed by atoms with E-state index in [9.17, 15) is 19.2 Å². The van der Waals surface area contributed by atoms with Crippen LogP contribution in [0.25, 0.3) is 11.4 Å². The molecule has 0 bridgehead atoms. The number of nitrogens with one attached hydrogen (secondary N) is 3. The number of anilines is 1. The molecule has 2 aromatic heterocycles. The summed E-state index contributed by atoms with van der Waals surface area (Å²) < 4.78 is 1.40. The topological polar surface area (TPSA) is 155 Å². The second kappa shape index (κ2) is 7.72. The molecule has 5 rings (SSSR count). The smallest absolute Gasteiger partial charge is 0.255 e. The Morgan fingerprint density at radius 3 is 2.88 bits per heavy atom. The Morgan fingerprint density at radius 1 is 1.22 bits per heavy atom. The summed E-state index contributed by atoms with van der Waals surface area (Å²) >= 11 is 0. The van der Waals surface area contributed by atoms with Crippen molar-refractivity contribution in [3.63, 3.8) is 0 Å². The number of amides is 4. The van der Waals surface area contributed by atoms with Crippen molar-refractivity contribution in [3.8, 4) is 11.4 Å². The van der Waals surface area contributed by atoms with Crippen molar-refractivity contribution in [2.24, 2.45) is 0 Å². The highest BCUT2D eigenvalue weighted by molar-refractivity contribution is 6.06. The van der Waals surface area contributed by atoms with E-state index in [1.807, 2.05) is 0 Å². The Bertz CT molecular complexity index is 1230. The maximum absolute atomic E-state index is 12.9. The van der Waals surface area contributed by atoms with Crippen molar-refractivity contribution in [2.45, 2.75) is 32.0 Å². The zero-order valence-corrected chi connectivity index (χ0v) is 16.7. The molecular formula is C20H18N8O4. The molecule has 1 unspecified atom stereocenters. The third-order valence-corrected chi connectivity index (χ3v) is 5.48. The fraction of sp³-hybridized carbons (Fsp3) is 0.250. The average Bonchev–Trinajstić information content (AvgIpc) is 3.50. The third kappa shape index (κ3) is 3.51. The minimum absolute atomic E-state index is 0.0738. The molecule has 0 aliphatic carbocycles. The molecule has 32 heavy (non-hydrogen) atoms. The van der Waals surface area contributed by atoms with Crippen molar-refractivity contribution in [2.75, 3.05) is 5.32 Å². The SMILES string of the molecule is O=C1CCC(N2Cc3c(NC(=O)Cn4cc(-c5ccn[nH]5)nn4)cccc3C2=O)C(=O)N1. The van der Waals surface area contributed by atoms with Crippen LogP contribution in [0.2, 0.25) is 0 Å². The van der Waals surface area contributed by atoms with Gasteiger partial charge in [-0.25, -0.2) is 4.68 Å². The lowest BCUT2D eigenvalue weighted by Gasteiger charge is -2.29. The molecule has 2 aliphatic heterocycles. The number of carbonyl (C=O) groups is 4. The number of imide groups is 1. The molecule has 12 heteroatoms. The molecule has 1 saturated heterocycles. The average molecular weight is 434 g/mol. The van der Waals surface area contributed by atoms with Crippen LogP contribution in [-0.2, 0) is 27.5 Å². The number of piperidine rings is 1. The maximum atomic E-state index is 12.9. The lowest BCUT2D eigenvalue weighted by molar-refractivity contribution is -0.137. The van der Waals surface area contributed by atoms with E-state index < -0.39 is 11.9 Å². The predicted octanol–water partition coefficient (Wildman–Crippen LogP) is 0.0679. The first-order chi connectivity index (χ1) is 15.5. The van der Waals surface area contributed by atoms with Crippen LogP contribution in [0, 0.1) is 0 Å². The second-order valence-electron chi connectivity index (χ2n) is 7.55. The van der Waals surface area contributed by atoms with Crippen LogP contribution >= 0.6 is 0 Å². The fourth-order valence-corrected chi connectivity index (χ4v) is 3.94. The zero-order valence-electron chi connectivity index (χ0n) is 16.7. The van der Waals surface area contributed by atoms with E-state index in [-0.39, 0.29) is 43.7 Å². The molecule has 0 saturated carbocycles. The van der Waals surface area contributed by atoms with Crippen molar-refractivity contribution >= 4 is 29.3 Å². The van der Waals surface area contributed by atoms with Crippen molar-refractivity contribution in [1.82, 2.24) is 35.4 Å². The molecule has 0 radical (unpaired) electrons. The monoisotopic (exact) mass is 434 g/mol. The number of aromatic nitrogens is 5. The summed E-state index contributed by atoms with van der Waals surface area (Å²) in [5.74, 6) is -1.46. The van der Waals surface area contributed by atoms with E-state index >= 15 is 0 Å². The lowest BCUT2D eigenvalue weighted by atomic mass is 10.0. The van der Waals surface area contributed by atoms with E-state index in [1.54, 1.807) is 36.7 Å². The van der Waals surface area contributed by atoms with Crippen LogP contribution in [0.15, 0.2) is 36.7 Å². The summed E-state index contributed by atoms with van der Waals surface area (Å²) in [5, 5.41) is 19.7. The first-order valence-corrected chi connectivity index (χ1v) is 9.96. The van der Waals surface area contributed by atoms with Gasteiger partial charge in [0, 0.05) is 36.0 Å². The Hall–Kier alpha value is -4.35. The van der Waals surface area contributed by atoms with Crippen LogP contribution in [0.5, 0.6) is 0 Å². The summed E-state index contributed by atoms with van der Waals surface area (Å²) in [5.41, 5.74) is 2.79. The number of H-pyrrole nitrogens is 1. The van der Waals surface area contributed by atoms with Crippen LogP contribution in [-0.4, -0.2) is 59.8 Å². The van der Waals surface area contributed by atoms with Crippen LogP contribution in [0.4, 0.5) is 5.69 Å². The first-order valence-electron chi connectivity index (χ1n) is 9.96. The highest BCUT2D eigenvalue weighted by Crippen LogP contribution is 2.32. The highest BCUT2D eigenvalue weighted by Gasteiger charge is 2.39.